The van der Waals surface area contributed by atoms with E-state index >= 15 is 0 Å². The van der Waals surface area contributed by atoms with E-state index in [2.05, 4.69) is 10.3 Å². The lowest BCUT2D eigenvalue weighted by atomic mass is 10.2. The van der Waals surface area contributed by atoms with Crippen molar-refractivity contribution >= 4 is 11.3 Å². The quantitative estimate of drug-likeness (QED) is 0.851. The number of hydrogen-bond acceptors (Lipinski definition) is 5. The first kappa shape index (κ1) is 13.4. The molecule has 2 aromatic rings. The highest BCUT2D eigenvalue weighted by molar-refractivity contribution is 7.07. The minimum absolute atomic E-state index is 0.506. The monoisotopic (exact) mass is 290 g/mol. The third-order valence-corrected chi connectivity index (χ3v) is 3.92. The summed E-state index contributed by atoms with van der Waals surface area (Å²) in [7, 11) is 1.68. The summed E-state index contributed by atoms with van der Waals surface area (Å²) in [5.41, 5.74) is 3.92. The lowest BCUT2D eigenvalue weighted by molar-refractivity contribution is 0.297. The van der Waals surface area contributed by atoms with E-state index in [1.807, 2.05) is 29.1 Å². The molecular weight excluding hydrogens is 272 g/mol. The highest BCUT2D eigenvalue weighted by atomic mass is 32.1. The number of methoxy groups -OCH3 is 1. The van der Waals surface area contributed by atoms with Gasteiger partial charge in [-0.2, -0.15) is 0 Å². The maximum Gasteiger partial charge on any atom is 0.131 e. The van der Waals surface area contributed by atoms with Crippen LogP contribution in [0.3, 0.4) is 0 Å². The second-order valence-corrected chi connectivity index (χ2v) is 5.62. The number of nitrogens with zero attached hydrogens (tertiary/aromatic N) is 1. The number of ether oxygens (including phenoxy) is 2. The Balaban J connectivity index is 1.69. The molecule has 1 fully saturated rings. The summed E-state index contributed by atoms with van der Waals surface area (Å²) in [4.78, 5) is 4.23. The summed E-state index contributed by atoms with van der Waals surface area (Å²) < 4.78 is 11.2. The fourth-order valence-corrected chi connectivity index (χ4v) is 2.51. The van der Waals surface area contributed by atoms with Gasteiger partial charge in [0.2, 0.25) is 0 Å². The third-order valence-electron chi connectivity index (χ3n) is 3.29. The number of thiazole rings is 1. The van der Waals surface area contributed by atoms with E-state index in [4.69, 9.17) is 9.47 Å². The molecule has 1 aromatic carbocycles. The maximum absolute atomic E-state index is 5.88. The fourth-order valence-electron chi connectivity index (χ4n) is 1.96. The second-order valence-electron chi connectivity index (χ2n) is 4.90. The van der Waals surface area contributed by atoms with Crippen LogP contribution < -0.4 is 14.8 Å². The summed E-state index contributed by atoms with van der Waals surface area (Å²) in [6, 6.07) is 6.60. The largest absolute Gasteiger partial charge is 0.497 e. The summed E-state index contributed by atoms with van der Waals surface area (Å²) in [5.74, 6) is 1.76. The van der Waals surface area contributed by atoms with Crippen molar-refractivity contribution in [3.05, 3.63) is 40.3 Å². The Hall–Kier alpha value is -1.59. The smallest absolute Gasteiger partial charge is 0.131 e. The van der Waals surface area contributed by atoms with Crippen LogP contribution in [0.25, 0.3) is 0 Å². The molecule has 20 heavy (non-hydrogen) atoms. The van der Waals surface area contributed by atoms with E-state index in [0.29, 0.717) is 12.6 Å². The van der Waals surface area contributed by atoms with Gasteiger partial charge in [0.15, 0.2) is 0 Å². The molecular formula is C15H18N2O2S. The fraction of sp³-hybridized carbons (Fsp3) is 0.400. The predicted molar refractivity (Wildman–Crippen MR) is 79.3 cm³/mol. The van der Waals surface area contributed by atoms with Crippen molar-refractivity contribution in [3.8, 4) is 11.5 Å². The molecule has 0 spiro atoms. The van der Waals surface area contributed by atoms with Crippen molar-refractivity contribution in [2.24, 2.45) is 0 Å². The van der Waals surface area contributed by atoms with Gasteiger partial charge in [-0.15, -0.1) is 11.3 Å². The Morgan fingerprint density at radius 2 is 2.30 bits per heavy atom. The first-order valence-electron chi connectivity index (χ1n) is 6.75. The zero-order valence-corrected chi connectivity index (χ0v) is 12.3. The molecule has 0 saturated heterocycles. The van der Waals surface area contributed by atoms with Gasteiger partial charge in [-0.3, -0.25) is 0 Å². The van der Waals surface area contributed by atoms with Crippen molar-refractivity contribution in [1.82, 2.24) is 10.3 Å². The van der Waals surface area contributed by atoms with Crippen LogP contribution in [-0.2, 0) is 13.2 Å². The zero-order chi connectivity index (χ0) is 13.8. The molecule has 4 nitrogen and oxygen atoms in total. The Labute approximate surface area is 122 Å². The van der Waals surface area contributed by atoms with Crippen LogP contribution in [0.1, 0.15) is 24.1 Å². The average Bonchev–Trinajstić information content (AvgIpc) is 3.17. The van der Waals surface area contributed by atoms with Crippen molar-refractivity contribution in [1.29, 1.82) is 0 Å². The van der Waals surface area contributed by atoms with Crippen LogP contribution in [0.4, 0.5) is 0 Å². The van der Waals surface area contributed by atoms with Gasteiger partial charge in [-0.25, -0.2) is 4.98 Å². The van der Waals surface area contributed by atoms with Gasteiger partial charge in [0.25, 0.3) is 0 Å². The Kier molecular flexibility index (Phi) is 4.18. The van der Waals surface area contributed by atoms with Crippen LogP contribution in [0.15, 0.2) is 29.1 Å². The normalized spacial score (nSPS) is 14.2. The molecule has 1 aromatic heterocycles. The second kappa shape index (κ2) is 6.24. The standard InChI is InChI=1S/C15H18N2O2S/c1-18-14-4-5-15(19-8-13-9-20-10-17-13)11(6-14)7-16-12-2-3-12/h4-6,9-10,12,16H,2-3,7-8H2,1H3. The molecule has 0 bridgehead atoms. The minimum atomic E-state index is 0.506. The van der Waals surface area contributed by atoms with E-state index < -0.39 is 0 Å². The first-order valence-corrected chi connectivity index (χ1v) is 7.69. The van der Waals surface area contributed by atoms with Crippen molar-refractivity contribution in [2.45, 2.75) is 32.0 Å². The van der Waals surface area contributed by atoms with Gasteiger partial charge < -0.3 is 14.8 Å². The zero-order valence-electron chi connectivity index (χ0n) is 11.5. The van der Waals surface area contributed by atoms with Crippen molar-refractivity contribution in [3.63, 3.8) is 0 Å². The molecule has 1 heterocycles. The highest BCUT2D eigenvalue weighted by Crippen LogP contribution is 2.27. The lowest BCUT2D eigenvalue weighted by Gasteiger charge is -2.13. The molecule has 1 aliphatic carbocycles. The number of benzene rings is 1. The Bertz CT molecular complexity index is 553. The van der Waals surface area contributed by atoms with Crippen LogP contribution in [0, 0.1) is 0 Å². The number of aromatic nitrogens is 1. The van der Waals surface area contributed by atoms with E-state index in [9.17, 15) is 0 Å². The molecule has 1 aliphatic rings. The van der Waals surface area contributed by atoms with Crippen LogP contribution >= 0.6 is 11.3 Å². The van der Waals surface area contributed by atoms with E-state index in [1.165, 1.54) is 12.8 Å². The molecule has 0 radical (unpaired) electrons. The molecule has 0 atom stereocenters. The van der Waals surface area contributed by atoms with Gasteiger partial charge in [-0.1, -0.05) is 0 Å². The van der Waals surface area contributed by atoms with E-state index in [1.54, 1.807) is 18.4 Å². The number of rotatable bonds is 7. The molecule has 5 heteroatoms. The SMILES string of the molecule is COc1ccc(OCc2cscn2)c(CNC2CC2)c1. The summed E-state index contributed by atoms with van der Waals surface area (Å²) >= 11 is 1.58. The molecule has 1 N–H and O–H groups in total. The molecule has 0 aliphatic heterocycles. The third kappa shape index (κ3) is 3.49. The number of hydrogen-bond donors (Lipinski definition) is 1. The van der Waals surface area contributed by atoms with Gasteiger partial charge in [-0.05, 0) is 31.0 Å². The van der Waals surface area contributed by atoms with Crippen LogP contribution in [0.2, 0.25) is 0 Å². The first-order chi connectivity index (χ1) is 9.85. The Morgan fingerprint density at radius 1 is 1.40 bits per heavy atom. The lowest BCUT2D eigenvalue weighted by Crippen LogP contribution is -2.16. The topological polar surface area (TPSA) is 43.4 Å². The molecule has 106 valence electrons. The maximum atomic E-state index is 5.88. The highest BCUT2D eigenvalue weighted by Gasteiger charge is 2.20. The van der Waals surface area contributed by atoms with Gasteiger partial charge in [0.1, 0.15) is 18.1 Å². The molecule has 0 amide bonds. The van der Waals surface area contributed by atoms with Gasteiger partial charge in [0.05, 0.1) is 18.3 Å². The van der Waals surface area contributed by atoms with Gasteiger partial charge >= 0.3 is 0 Å². The number of nitrogens with one attached hydrogen (secondary N) is 1. The molecule has 1 saturated carbocycles. The summed E-state index contributed by atoms with van der Waals surface area (Å²) in [6.45, 7) is 1.32. The summed E-state index contributed by atoms with van der Waals surface area (Å²) in [6.07, 6.45) is 2.55. The molecule has 0 unspecified atom stereocenters. The van der Waals surface area contributed by atoms with E-state index in [0.717, 1.165) is 29.3 Å². The predicted octanol–water partition coefficient (Wildman–Crippen LogP) is 2.98. The summed E-state index contributed by atoms with van der Waals surface area (Å²) in [5, 5.41) is 5.51. The van der Waals surface area contributed by atoms with Crippen molar-refractivity contribution in [2.75, 3.05) is 7.11 Å². The van der Waals surface area contributed by atoms with Gasteiger partial charge in [0, 0.05) is 23.5 Å². The van der Waals surface area contributed by atoms with Crippen molar-refractivity contribution < 1.29 is 9.47 Å². The van der Waals surface area contributed by atoms with Crippen LogP contribution in [-0.4, -0.2) is 18.1 Å². The van der Waals surface area contributed by atoms with Crippen LogP contribution in [0.5, 0.6) is 11.5 Å². The Morgan fingerprint density at radius 3 is 3.00 bits per heavy atom. The molecule has 3 rings (SSSR count). The average molecular weight is 290 g/mol. The minimum Gasteiger partial charge on any atom is -0.497 e. The van der Waals surface area contributed by atoms with E-state index in [-0.39, 0.29) is 0 Å².